The maximum absolute atomic E-state index is 13.6. The van der Waals surface area contributed by atoms with E-state index in [0.29, 0.717) is 17.3 Å². The van der Waals surface area contributed by atoms with Crippen LogP contribution in [0.4, 0.5) is 4.39 Å². The molecule has 2 aromatic heterocycles. The smallest absolute Gasteiger partial charge is 0.271 e. The van der Waals surface area contributed by atoms with E-state index < -0.39 is 0 Å². The minimum absolute atomic E-state index is 0.0746. The lowest BCUT2D eigenvalue weighted by molar-refractivity contribution is 0.0641. The number of carbonyl (C=O) groups is 1. The lowest BCUT2D eigenvalue weighted by Gasteiger charge is -2.34. The van der Waals surface area contributed by atoms with Crippen LogP contribution in [0.25, 0.3) is 16.2 Å². The first-order chi connectivity index (χ1) is 14.2. The molecule has 0 bridgehead atoms. The van der Waals surface area contributed by atoms with Gasteiger partial charge < -0.3 is 9.80 Å². The number of imidazole rings is 1. The van der Waals surface area contributed by atoms with Crippen molar-refractivity contribution in [1.82, 2.24) is 19.2 Å². The quantitative estimate of drug-likeness (QED) is 0.646. The molecule has 1 atom stereocenters. The first-order valence-corrected chi connectivity index (χ1v) is 11.3. The van der Waals surface area contributed by atoms with E-state index in [2.05, 4.69) is 9.88 Å². The average molecular weight is 413 g/mol. The van der Waals surface area contributed by atoms with Gasteiger partial charge >= 0.3 is 0 Å². The van der Waals surface area contributed by atoms with Crippen molar-refractivity contribution < 1.29 is 9.18 Å². The zero-order valence-electron chi connectivity index (χ0n) is 16.4. The third-order valence-electron chi connectivity index (χ3n) is 6.07. The summed E-state index contributed by atoms with van der Waals surface area (Å²) >= 11 is 1.46. The number of likely N-dealkylation sites (tertiary alicyclic amines) is 2. The van der Waals surface area contributed by atoms with Crippen LogP contribution in [0.3, 0.4) is 0 Å². The maximum Gasteiger partial charge on any atom is 0.271 e. The largest absolute Gasteiger partial charge is 0.337 e. The lowest BCUT2D eigenvalue weighted by Crippen LogP contribution is -2.43. The molecule has 2 fully saturated rings. The fraction of sp³-hybridized carbons (Fsp3) is 0.455. The number of nitrogens with zero attached hydrogens (tertiary/aromatic N) is 4. The van der Waals surface area contributed by atoms with Crippen molar-refractivity contribution in [3.8, 4) is 11.3 Å². The number of halogens is 1. The SMILES string of the molecule is O=C(c1csc2nc(-c3cccc(F)c3)cn12)N1CCCC(CN2CCCC2)C1. The average Bonchev–Trinajstić information content (AvgIpc) is 3.45. The number of benzene rings is 1. The Labute approximate surface area is 173 Å². The molecule has 2 aliphatic rings. The molecule has 0 saturated carbocycles. The summed E-state index contributed by atoms with van der Waals surface area (Å²) in [5, 5.41) is 1.89. The number of carbonyl (C=O) groups excluding carboxylic acids is 1. The van der Waals surface area contributed by atoms with E-state index in [0.717, 1.165) is 36.6 Å². The van der Waals surface area contributed by atoms with E-state index in [9.17, 15) is 9.18 Å². The molecule has 5 nitrogen and oxygen atoms in total. The molecule has 3 aromatic rings. The Kier molecular flexibility index (Phi) is 5.09. The van der Waals surface area contributed by atoms with E-state index in [-0.39, 0.29) is 11.7 Å². The molecule has 1 aromatic carbocycles. The molecule has 29 heavy (non-hydrogen) atoms. The Morgan fingerprint density at radius 1 is 1.21 bits per heavy atom. The molecule has 2 saturated heterocycles. The highest BCUT2D eigenvalue weighted by molar-refractivity contribution is 7.15. The molecule has 2 aliphatic heterocycles. The number of rotatable bonds is 4. The Hall–Kier alpha value is -2.25. The Bertz CT molecular complexity index is 1020. The van der Waals surface area contributed by atoms with Crippen LogP contribution in [0.5, 0.6) is 0 Å². The molecule has 0 spiro atoms. The van der Waals surface area contributed by atoms with E-state index in [1.807, 2.05) is 26.9 Å². The fourth-order valence-electron chi connectivity index (χ4n) is 4.62. The van der Waals surface area contributed by atoms with Crippen molar-refractivity contribution in [3.05, 3.63) is 47.4 Å². The van der Waals surface area contributed by atoms with Gasteiger partial charge in [0.15, 0.2) is 4.96 Å². The number of piperidine rings is 1. The van der Waals surface area contributed by atoms with Gasteiger partial charge in [0.05, 0.1) is 5.69 Å². The molecule has 1 unspecified atom stereocenters. The summed E-state index contributed by atoms with van der Waals surface area (Å²) < 4.78 is 15.4. The van der Waals surface area contributed by atoms with Crippen LogP contribution in [-0.2, 0) is 0 Å². The molecule has 1 amide bonds. The number of fused-ring (bicyclic) bond motifs is 1. The highest BCUT2D eigenvalue weighted by Crippen LogP contribution is 2.26. The van der Waals surface area contributed by atoms with Gasteiger partial charge in [-0.3, -0.25) is 9.20 Å². The molecular weight excluding hydrogens is 387 g/mol. The van der Waals surface area contributed by atoms with Crippen LogP contribution in [0.1, 0.15) is 36.2 Å². The van der Waals surface area contributed by atoms with Crippen molar-refractivity contribution in [2.45, 2.75) is 25.7 Å². The third kappa shape index (κ3) is 3.81. The van der Waals surface area contributed by atoms with E-state index in [1.165, 1.54) is 55.8 Å². The van der Waals surface area contributed by atoms with Crippen LogP contribution in [0.2, 0.25) is 0 Å². The molecular formula is C22H25FN4OS. The normalized spacial score (nSPS) is 20.6. The van der Waals surface area contributed by atoms with Crippen molar-refractivity contribution in [2.75, 3.05) is 32.7 Å². The van der Waals surface area contributed by atoms with Gasteiger partial charge in [-0.1, -0.05) is 12.1 Å². The number of amides is 1. The molecule has 5 rings (SSSR count). The monoisotopic (exact) mass is 412 g/mol. The first-order valence-electron chi connectivity index (χ1n) is 10.4. The third-order valence-corrected chi connectivity index (χ3v) is 6.91. The van der Waals surface area contributed by atoms with Crippen molar-refractivity contribution >= 4 is 22.2 Å². The summed E-state index contributed by atoms with van der Waals surface area (Å²) in [7, 11) is 0. The van der Waals surface area contributed by atoms with Crippen LogP contribution in [0.15, 0.2) is 35.8 Å². The van der Waals surface area contributed by atoms with Crippen molar-refractivity contribution in [2.24, 2.45) is 5.92 Å². The van der Waals surface area contributed by atoms with Crippen LogP contribution in [0, 0.1) is 11.7 Å². The van der Waals surface area contributed by atoms with Crippen LogP contribution < -0.4 is 0 Å². The van der Waals surface area contributed by atoms with Crippen molar-refractivity contribution in [1.29, 1.82) is 0 Å². The van der Waals surface area contributed by atoms with Gasteiger partial charge in [-0.15, -0.1) is 11.3 Å². The Morgan fingerprint density at radius 2 is 2.07 bits per heavy atom. The topological polar surface area (TPSA) is 40.9 Å². The molecule has 0 N–H and O–H groups in total. The Morgan fingerprint density at radius 3 is 2.90 bits per heavy atom. The van der Waals surface area contributed by atoms with Crippen LogP contribution in [-0.4, -0.2) is 57.8 Å². The van der Waals surface area contributed by atoms with E-state index >= 15 is 0 Å². The maximum atomic E-state index is 13.6. The van der Waals surface area contributed by atoms with E-state index in [1.54, 1.807) is 6.07 Å². The van der Waals surface area contributed by atoms with Gasteiger partial charge in [0, 0.05) is 36.8 Å². The molecule has 0 radical (unpaired) electrons. The predicted molar refractivity (Wildman–Crippen MR) is 113 cm³/mol. The number of hydrogen-bond donors (Lipinski definition) is 0. The highest BCUT2D eigenvalue weighted by Gasteiger charge is 2.28. The van der Waals surface area contributed by atoms with Crippen LogP contribution >= 0.6 is 11.3 Å². The van der Waals surface area contributed by atoms with Crippen molar-refractivity contribution in [3.63, 3.8) is 0 Å². The molecule has 4 heterocycles. The summed E-state index contributed by atoms with van der Waals surface area (Å²) in [6.07, 6.45) is 6.72. The van der Waals surface area contributed by atoms with E-state index in [4.69, 9.17) is 0 Å². The second-order valence-electron chi connectivity index (χ2n) is 8.18. The molecule has 0 aliphatic carbocycles. The summed E-state index contributed by atoms with van der Waals surface area (Å²) in [5.41, 5.74) is 2.07. The zero-order chi connectivity index (χ0) is 19.8. The van der Waals surface area contributed by atoms with Gasteiger partial charge in [-0.05, 0) is 56.8 Å². The summed E-state index contributed by atoms with van der Waals surface area (Å²) in [4.78, 5) is 23.2. The number of aromatic nitrogens is 2. The first kappa shape index (κ1) is 18.8. The molecule has 152 valence electrons. The number of thiazole rings is 1. The summed E-state index contributed by atoms with van der Waals surface area (Å²) in [6.45, 7) is 5.16. The lowest BCUT2D eigenvalue weighted by atomic mass is 9.97. The highest BCUT2D eigenvalue weighted by atomic mass is 32.1. The minimum Gasteiger partial charge on any atom is -0.337 e. The van der Waals surface area contributed by atoms with Gasteiger partial charge in [0.2, 0.25) is 0 Å². The summed E-state index contributed by atoms with van der Waals surface area (Å²) in [6, 6.07) is 6.41. The zero-order valence-corrected chi connectivity index (χ0v) is 17.2. The number of hydrogen-bond acceptors (Lipinski definition) is 4. The molecule has 7 heteroatoms. The fourth-order valence-corrected chi connectivity index (χ4v) is 5.46. The summed E-state index contributed by atoms with van der Waals surface area (Å²) in [5.74, 6) is 0.351. The Balaban J connectivity index is 1.35. The standard InChI is InChI=1S/C22H25FN4OS/c23-18-7-3-6-17(11-18)19-14-27-20(15-29-22(27)24-19)21(28)26-10-4-5-16(13-26)12-25-8-1-2-9-25/h3,6-7,11,14-16H,1-2,4-5,8-10,12-13H2. The van der Waals surface area contributed by atoms with Gasteiger partial charge in [-0.2, -0.15) is 0 Å². The second-order valence-corrected chi connectivity index (χ2v) is 9.01. The van der Waals surface area contributed by atoms with Gasteiger partial charge in [-0.25, -0.2) is 9.37 Å². The predicted octanol–water partition coefficient (Wildman–Crippen LogP) is 4.15. The second kappa shape index (κ2) is 7.88. The van der Waals surface area contributed by atoms with Gasteiger partial charge in [0.1, 0.15) is 11.5 Å². The minimum atomic E-state index is -0.285. The van der Waals surface area contributed by atoms with Gasteiger partial charge in [0.25, 0.3) is 5.91 Å².